The van der Waals surface area contributed by atoms with Gasteiger partial charge in [0, 0.05) is 55.5 Å². The van der Waals surface area contributed by atoms with Crippen LogP contribution in [0.2, 0.25) is 0 Å². The van der Waals surface area contributed by atoms with Crippen molar-refractivity contribution in [3.8, 4) is 0 Å². The minimum absolute atomic E-state index is 0. The number of halogens is 2. The van der Waals surface area contributed by atoms with Gasteiger partial charge in [-0.2, -0.15) is 0 Å². The molecule has 2 aromatic heterocycles. The Hall–Kier alpha value is -2.36. The fourth-order valence-electron chi connectivity index (χ4n) is 4.05. The third-order valence-electron chi connectivity index (χ3n) is 5.57. The molecule has 1 saturated heterocycles. The summed E-state index contributed by atoms with van der Waals surface area (Å²) in [4.78, 5) is 14.3. The quantitative estimate of drug-likeness (QED) is 0.253. The van der Waals surface area contributed by atoms with Crippen LogP contribution in [0.1, 0.15) is 24.5 Å². The van der Waals surface area contributed by atoms with E-state index in [-0.39, 0.29) is 35.8 Å². The van der Waals surface area contributed by atoms with Crippen LogP contribution < -0.4 is 15.5 Å². The van der Waals surface area contributed by atoms with Crippen molar-refractivity contribution in [2.75, 3.05) is 31.1 Å². The van der Waals surface area contributed by atoms with E-state index in [1.54, 1.807) is 12.3 Å². The zero-order valence-electron chi connectivity index (χ0n) is 18.0. The molecule has 1 aliphatic rings. The first-order valence-electron chi connectivity index (χ1n) is 10.6. The largest absolute Gasteiger partial charge is 0.361 e. The molecule has 0 aliphatic carbocycles. The Labute approximate surface area is 199 Å². The fourth-order valence-corrected chi connectivity index (χ4v) is 4.05. The van der Waals surface area contributed by atoms with Crippen LogP contribution in [0.25, 0.3) is 10.9 Å². The lowest BCUT2D eigenvalue weighted by molar-refractivity contribution is 0.612. The summed E-state index contributed by atoms with van der Waals surface area (Å²) in [6.07, 6.45) is 5.51. The van der Waals surface area contributed by atoms with Crippen LogP contribution in [0.3, 0.4) is 0 Å². The van der Waals surface area contributed by atoms with Gasteiger partial charge in [-0.1, -0.05) is 18.2 Å². The Morgan fingerprint density at radius 2 is 2.19 bits per heavy atom. The monoisotopic (exact) mass is 536 g/mol. The van der Waals surface area contributed by atoms with Gasteiger partial charge in [-0.25, -0.2) is 9.37 Å². The van der Waals surface area contributed by atoms with Crippen molar-refractivity contribution in [3.63, 3.8) is 0 Å². The number of hydrogen-bond acceptors (Lipinski definition) is 3. The van der Waals surface area contributed by atoms with Crippen molar-refractivity contribution >= 4 is 46.7 Å². The first kappa shape index (κ1) is 23.3. The van der Waals surface area contributed by atoms with Crippen molar-refractivity contribution in [2.24, 2.45) is 4.99 Å². The number of aromatic nitrogens is 2. The van der Waals surface area contributed by atoms with Gasteiger partial charge in [0.05, 0.1) is 0 Å². The molecule has 31 heavy (non-hydrogen) atoms. The number of aliphatic imine (C=N–C) groups is 1. The second kappa shape index (κ2) is 10.8. The number of hydrogen-bond donors (Lipinski definition) is 3. The van der Waals surface area contributed by atoms with Gasteiger partial charge >= 0.3 is 0 Å². The predicted octanol–water partition coefficient (Wildman–Crippen LogP) is 4.00. The van der Waals surface area contributed by atoms with Crippen LogP contribution in [0.15, 0.2) is 47.7 Å². The highest BCUT2D eigenvalue weighted by Gasteiger charge is 2.25. The van der Waals surface area contributed by atoms with Crippen molar-refractivity contribution in [3.05, 3.63) is 59.7 Å². The Morgan fingerprint density at radius 3 is 3.00 bits per heavy atom. The van der Waals surface area contributed by atoms with Crippen molar-refractivity contribution in [1.29, 1.82) is 0 Å². The molecule has 0 spiro atoms. The molecule has 166 valence electrons. The molecule has 6 nitrogen and oxygen atoms in total. The number of para-hydroxylation sites is 1. The number of nitrogens with one attached hydrogen (secondary N) is 3. The number of anilines is 1. The van der Waals surface area contributed by atoms with E-state index in [9.17, 15) is 4.39 Å². The number of pyridine rings is 1. The minimum Gasteiger partial charge on any atom is -0.361 e. The summed E-state index contributed by atoms with van der Waals surface area (Å²) in [5.74, 6) is 0.966. The van der Waals surface area contributed by atoms with Gasteiger partial charge in [-0.15, -0.1) is 24.0 Å². The smallest absolute Gasteiger partial charge is 0.191 e. The zero-order valence-corrected chi connectivity index (χ0v) is 20.3. The zero-order chi connectivity index (χ0) is 20.9. The molecule has 0 saturated carbocycles. The van der Waals surface area contributed by atoms with Gasteiger partial charge < -0.3 is 20.5 Å². The van der Waals surface area contributed by atoms with E-state index in [1.165, 1.54) is 28.1 Å². The minimum atomic E-state index is -0.271. The van der Waals surface area contributed by atoms with E-state index in [4.69, 9.17) is 4.99 Å². The normalized spacial score (nSPS) is 16.4. The number of guanidine groups is 1. The number of nitrogens with zero attached hydrogens (tertiary/aromatic N) is 3. The third kappa shape index (κ3) is 5.47. The van der Waals surface area contributed by atoms with Gasteiger partial charge in [0.1, 0.15) is 0 Å². The number of aromatic amines is 1. The highest BCUT2D eigenvalue weighted by molar-refractivity contribution is 14.0. The summed E-state index contributed by atoms with van der Waals surface area (Å²) in [6.45, 7) is 7.16. The standard InChI is InChI=1S/C23H29FN6.HI/c1-3-25-23(27-12-9-17-14-28-21-16(2)6-4-7-19(17)21)29-18-10-13-30(15-18)22-20(24)8-5-11-26-22;/h4-8,11,14,18,28H,3,9-10,12-13,15H2,1-2H3,(H2,25,27,29);1H. The Morgan fingerprint density at radius 1 is 1.32 bits per heavy atom. The molecular weight excluding hydrogens is 506 g/mol. The van der Waals surface area contributed by atoms with Crippen molar-refractivity contribution < 1.29 is 4.39 Å². The van der Waals surface area contributed by atoms with E-state index < -0.39 is 0 Å². The lowest BCUT2D eigenvalue weighted by Crippen LogP contribution is -2.44. The Bertz CT molecular complexity index is 1030. The highest BCUT2D eigenvalue weighted by atomic mass is 127. The maximum Gasteiger partial charge on any atom is 0.191 e. The molecular formula is C23H30FIN6. The van der Waals surface area contributed by atoms with Crippen LogP contribution in [-0.4, -0.2) is 48.1 Å². The second-order valence-corrected chi connectivity index (χ2v) is 7.71. The third-order valence-corrected chi connectivity index (χ3v) is 5.57. The number of rotatable bonds is 6. The topological polar surface area (TPSA) is 68.3 Å². The van der Waals surface area contributed by atoms with Gasteiger partial charge in [-0.05, 0) is 49.9 Å². The molecule has 1 fully saturated rings. The lowest BCUT2D eigenvalue weighted by Gasteiger charge is -2.19. The van der Waals surface area contributed by atoms with E-state index in [0.717, 1.165) is 31.9 Å². The van der Waals surface area contributed by atoms with E-state index >= 15 is 0 Å². The van der Waals surface area contributed by atoms with Crippen LogP contribution in [0.5, 0.6) is 0 Å². The van der Waals surface area contributed by atoms with Gasteiger partial charge in [-0.3, -0.25) is 4.99 Å². The molecule has 0 bridgehead atoms. The fraction of sp³-hybridized carbons (Fsp3) is 0.391. The van der Waals surface area contributed by atoms with Crippen molar-refractivity contribution in [2.45, 2.75) is 32.7 Å². The molecule has 3 heterocycles. The van der Waals surface area contributed by atoms with Crippen LogP contribution >= 0.6 is 24.0 Å². The average molecular weight is 536 g/mol. The molecule has 1 unspecified atom stereocenters. The summed E-state index contributed by atoms with van der Waals surface area (Å²) in [5.41, 5.74) is 3.74. The highest BCUT2D eigenvalue weighted by Crippen LogP contribution is 2.22. The molecule has 3 N–H and O–H groups in total. The molecule has 1 atom stereocenters. The first-order chi connectivity index (χ1) is 14.7. The molecule has 0 amide bonds. The summed E-state index contributed by atoms with van der Waals surface area (Å²) in [5, 5.41) is 8.10. The molecule has 4 rings (SSSR count). The molecule has 8 heteroatoms. The Balaban J connectivity index is 0.00000272. The maximum absolute atomic E-state index is 14.0. The summed E-state index contributed by atoms with van der Waals surface area (Å²) >= 11 is 0. The summed E-state index contributed by atoms with van der Waals surface area (Å²) < 4.78 is 14.0. The number of H-pyrrole nitrogens is 1. The SMILES string of the molecule is CCNC(=NCCc1c[nH]c2c(C)cccc12)NC1CCN(c2ncccc2F)C1.I. The molecule has 0 radical (unpaired) electrons. The van der Waals surface area contributed by atoms with Crippen LogP contribution in [0, 0.1) is 12.7 Å². The van der Waals surface area contributed by atoms with Gasteiger partial charge in [0.15, 0.2) is 17.6 Å². The lowest BCUT2D eigenvalue weighted by atomic mass is 10.1. The van der Waals surface area contributed by atoms with E-state index in [0.29, 0.717) is 18.9 Å². The van der Waals surface area contributed by atoms with Crippen molar-refractivity contribution in [1.82, 2.24) is 20.6 Å². The predicted molar refractivity (Wildman–Crippen MR) is 136 cm³/mol. The van der Waals surface area contributed by atoms with E-state index in [2.05, 4.69) is 58.8 Å². The number of aryl methyl sites for hydroxylation is 1. The number of benzene rings is 1. The molecule has 3 aromatic rings. The van der Waals surface area contributed by atoms with E-state index in [1.807, 2.05) is 4.90 Å². The molecule has 1 aromatic carbocycles. The van der Waals surface area contributed by atoms with Crippen LogP contribution in [-0.2, 0) is 6.42 Å². The Kier molecular flexibility index (Phi) is 8.11. The average Bonchev–Trinajstić information content (AvgIpc) is 3.37. The summed E-state index contributed by atoms with van der Waals surface area (Å²) in [6, 6.07) is 9.66. The van der Waals surface area contributed by atoms with Gasteiger partial charge in [0.2, 0.25) is 0 Å². The molecule has 1 aliphatic heterocycles. The second-order valence-electron chi connectivity index (χ2n) is 7.71. The van der Waals surface area contributed by atoms with Gasteiger partial charge in [0.25, 0.3) is 0 Å². The first-order valence-corrected chi connectivity index (χ1v) is 10.6. The summed E-state index contributed by atoms with van der Waals surface area (Å²) in [7, 11) is 0. The van der Waals surface area contributed by atoms with Crippen LogP contribution in [0.4, 0.5) is 10.2 Å². The maximum atomic E-state index is 14.0. The number of fused-ring (bicyclic) bond motifs is 1.